The van der Waals surface area contributed by atoms with Gasteiger partial charge in [0.2, 0.25) is 5.82 Å². The number of hydrogen-bond acceptors (Lipinski definition) is 11. The summed E-state index contributed by atoms with van der Waals surface area (Å²) < 4.78 is 40.6. The molecule has 0 spiro atoms. The summed E-state index contributed by atoms with van der Waals surface area (Å²) in [4.78, 5) is 51.2. The van der Waals surface area contributed by atoms with Crippen molar-refractivity contribution in [1.29, 1.82) is 0 Å². The van der Waals surface area contributed by atoms with Crippen LogP contribution in [0, 0.1) is 17.7 Å². The summed E-state index contributed by atoms with van der Waals surface area (Å²) in [6.07, 6.45) is -4.82. The molecule has 1 aliphatic heterocycles. The number of carbonyl (C=O) groups excluding carboxylic acids is 4. The standard InChI is InChI=1S/C23H22FN3O9/c1-12(28)33-11-17-19(34-13(2)29)20(35-14(3)30)22(36-17)27-18(25-21(26-27)23(31)32-4)10-7-15-5-8-16(24)9-6-15/h5-6,8-9,17,19-20,22H,11H2,1-4H3/t17-,19-,20-,22-/m1/s1. The van der Waals surface area contributed by atoms with E-state index < -0.39 is 54.2 Å². The Morgan fingerprint density at radius 1 is 1.00 bits per heavy atom. The minimum atomic E-state index is -1.29. The fraction of sp³-hybridized carbons (Fsp3) is 0.391. The highest BCUT2D eigenvalue weighted by Crippen LogP contribution is 2.34. The van der Waals surface area contributed by atoms with E-state index in [4.69, 9.17) is 18.9 Å². The van der Waals surface area contributed by atoms with Gasteiger partial charge in [0, 0.05) is 26.3 Å². The zero-order chi connectivity index (χ0) is 26.4. The molecule has 0 bridgehead atoms. The van der Waals surface area contributed by atoms with Gasteiger partial charge in [0.15, 0.2) is 18.4 Å². The number of hydrogen-bond donors (Lipinski definition) is 0. The summed E-state index contributed by atoms with van der Waals surface area (Å²) in [6, 6.07) is 5.30. The maximum Gasteiger partial charge on any atom is 0.378 e. The van der Waals surface area contributed by atoms with Gasteiger partial charge in [-0.15, -0.1) is 5.10 Å². The van der Waals surface area contributed by atoms with E-state index in [-0.39, 0.29) is 18.3 Å². The maximum absolute atomic E-state index is 13.2. The number of halogens is 1. The first-order valence-electron chi connectivity index (χ1n) is 10.5. The Hall–Kier alpha value is -4.31. The lowest BCUT2D eigenvalue weighted by atomic mass is 10.1. The molecule has 0 radical (unpaired) electrons. The fourth-order valence-corrected chi connectivity index (χ4v) is 3.31. The van der Waals surface area contributed by atoms with Crippen LogP contribution in [0.1, 0.15) is 49.0 Å². The second kappa shape index (κ2) is 11.4. The van der Waals surface area contributed by atoms with Crippen LogP contribution in [-0.2, 0) is 38.1 Å². The number of ether oxygens (including phenoxy) is 5. The second-order valence-electron chi connectivity index (χ2n) is 7.47. The van der Waals surface area contributed by atoms with Crippen LogP contribution in [0.25, 0.3) is 0 Å². The fourth-order valence-electron chi connectivity index (χ4n) is 3.31. The normalized spacial score (nSPS) is 20.6. The Kier molecular flexibility index (Phi) is 8.34. The number of carbonyl (C=O) groups is 4. The van der Waals surface area contributed by atoms with Gasteiger partial charge in [-0.2, -0.15) is 4.98 Å². The summed E-state index contributed by atoms with van der Waals surface area (Å²) in [5.74, 6) is 1.61. The highest BCUT2D eigenvalue weighted by atomic mass is 19.1. The van der Waals surface area contributed by atoms with Gasteiger partial charge in [0.25, 0.3) is 5.82 Å². The van der Waals surface area contributed by atoms with E-state index >= 15 is 0 Å². The van der Waals surface area contributed by atoms with Crippen LogP contribution in [0.5, 0.6) is 0 Å². The molecular weight excluding hydrogens is 481 g/mol. The Morgan fingerprint density at radius 2 is 1.64 bits per heavy atom. The lowest BCUT2D eigenvalue weighted by molar-refractivity contribution is -0.166. The van der Waals surface area contributed by atoms with E-state index in [0.29, 0.717) is 5.56 Å². The highest BCUT2D eigenvalue weighted by Gasteiger charge is 2.51. The van der Waals surface area contributed by atoms with E-state index in [1.807, 2.05) is 0 Å². The van der Waals surface area contributed by atoms with Crippen molar-refractivity contribution in [3.8, 4) is 11.8 Å². The molecule has 0 aliphatic carbocycles. The number of rotatable bonds is 6. The SMILES string of the molecule is COC(=O)c1nc(C#Cc2ccc(F)cc2)n([C@@H]2O[C@H](COC(C)=O)[C@@H](OC(C)=O)[C@H]2OC(C)=O)n1. The van der Waals surface area contributed by atoms with Crippen LogP contribution < -0.4 is 0 Å². The number of benzene rings is 1. The van der Waals surface area contributed by atoms with Crippen molar-refractivity contribution in [2.24, 2.45) is 0 Å². The molecule has 4 atom stereocenters. The zero-order valence-corrected chi connectivity index (χ0v) is 19.7. The van der Waals surface area contributed by atoms with Crippen LogP contribution in [0.3, 0.4) is 0 Å². The third-order valence-electron chi connectivity index (χ3n) is 4.74. The Bertz CT molecular complexity index is 1220. The van der Waals surface area contributed by atoms with Gasteiger partial charge in [0.05, 0.1) is 7.11 Å². The smallest absolute Gasteiger partial charge is 0.378 e. The number of aromatic nitrogens is 3. The van der Waals surface area contributed by atoms with Gasteiger partial charge in [-0.05, 0) is 30.2 Å². The Balaban J connectivity index is 2.07. The average molecular weight is 503 g/mol. The van der Waals surface area contributed by atoms with Crippen LogP contribution >= 0.6 is 0 Å². The Labute approximate surface area is 204 Å². The predicted molar refractivity (Wildman–Crippen MR) is 115 cm³/mol. The van der Waals surface area contributed by atoms with E-state index in [2.05, 4.69) is 26.7 Å². The van der Waals surface area contributed by atoms with Crippen LogP contribution in [0.15, 0.2) is 24.3 Å². The predicted octanol–water partition coefficient (Wildman–Crippen LogP) is 0.927. The van der Waals surface area contributed by atoms with E-state index in [9.17, 15) is 23.6 Å². The minimum Gasteiger partial charge on any atom is -0.463 e. The first kappa shape index (κ1) is 26.3. The number of esters is 4. The molecule has 0 unspecified atom stereocenters. The Morgan fingerprint density at radius 3 is 2.22 bits per heavy atom. The van der Waals surface area contributed by atoms with E-state index in [1.165, 1.54) is 31.2 Å². The minimum absolute atomic E-state index is 0.100. The first-order chi connectivity index (χ1) is 17.1. The average Bonchev–Trinajstić information content (AvgIpc) is 3.38. The van der Waals surface area contributed by atoms with Crippen molar-refractivity contribution in [2.75, 3.05) is 13.7 Å². The molecule has 1 fully saturated rings. The molecule has 3 rings (SSSR count). The topological polar surface area (TPSA) is 145 Å². The van der Waals surface area contributed by atoms with Gasteiger partial charge in [-0.3, -0.25) is 14.4 Å². The van der Waals surface area contributed by atoms with E-state index in [1.54, 1.807) is 0 Å². The van der Waals surface area contributed by atoms with Gasteiger partial charge in [-0.25, -0.2) is 13.9 Å². The van der Waals surface area contributed by atoms with Crippen LogP contribution in [0.2, 0.25) is 0 Å². The highest BCUT2D eigenvalue weighted by molar-refractivity contribution is 5.85. The quantitative estimate of drug-likeness (QED) is 0.315. The second-order valence-corrected chi connectivity index (χ2v) is 7.47. The van der Waals surface area contributed by atoms with Gasteiger partial charge in [0.1, 0.15) is 18.5 Å². The molecule has 2 heterocycles. The van der Waals surface area contributed by atoms with Crippen LogP contribution in [-0.4, -0.2) is 70.7 Å². The molecule has 1 aromatic carbocycles. The van der Waals surface area contributed by atoms with Gasteiger partial charge < -0.3 is 23.7 Å². The largest absolute Gasteiger partial charge is 0.463 e. The molecule has 1 aliphatic rings. The first-order valence-corrected chi connectivity index (χ1v) is 10.5. The molecule has 2 aromatic rings. The molecule has 13 heteroatoms. The third-order valence-corrected chi connectivity index (χ3v) is 4.74. The summed E-state index contributed by atoms with van der Waals surface area (Å²) in [7, 11) is 1.13. The number of methoxy groups -OCH3 is 1. The van der Waals surface area contributed by atoms with E-state index in [0.717, 1.165) is 25.6 Å². The lowest BCUT2D eigenvalue weighted by Crippen LogP contribution is -2.40. The molecule has 0 amide bonds. The molecule has 0 saturated carbocycles. The summed E-state index contributed by atoms with van der Waals surface area (Å²) in [5.41, 5.74) is 0.431. The van der Waals surface area contributed by atoms with Crippen molar-refractivity contribution in [1.82, 2.24) is 14.8 Å². The third kappa shape index (κ3) is 6.42. The molecule has 0 N–H and O–H groups in total. The zero-order valence-electron chi connectivity index (χ0n) is 19.7. The van der Waals surface area contributed by atoms with Gasteiger partial charge in [-0.1, -0.05) is 5.92 Å². The summed E-state index contributed by atoms with van der Waals surface area (Å²) >= 11 is 0. The van der Waals surface area contributed by atoms with Crippen molar-refractivity contribution < 1.29 is 47.3 Å². The maximum atomic E-state index is 13.2. The van der Waals surface area contributed by atoms with Crippen molar-refractivity contribution in [2.45, 2.75) is 45.3 Å². The monoisotopic (exact) mass is 503 g/mol. The molecule has 190 valence electrons. The number of nitrogens with zero attached hydrogens (tertiary/aromatic N) is 3. The summed E-state index contributed by atoms with van der Waals surface area (Å²) in [5, 5.41) is 4.09. The molecule has 12 nitrogen and oxygen atoms in total. The summed E-state index contributed by atoms with van der Waals surface area (Å²) in [6.45, 7) is 3.12. The van der Waals surface area contributed by atoms with Crippen LogP contribution in [0.4, 0.5) is 4.39 Å². The molecule has 1 saturated heterocycles. The van der Waals surface area contributed by atoms with Gasteiger partial charge >= 0.3 is 23.9 Å². The lowest BCUT2D eigenvalue weighted by Gasteiger charge is -2.23. The molecule has 36 heavy (non-hydrogen) atoms. The molecular formula is C23H22FN3O9. The van der Waals surface area contributed by atoms with Crippen molar-refractivity contribution in [3.63, 3.8) is 0 Å². The van der Waals surface area contributed by atoms with Crippen molar-refractivity contribution >= 4 is 23.9 Å². The molecule has 1 aromatic heterocycles. The van der Waals surface area contributed by atoms with Crippen molar-refractivity contribution in [3.05, 3.63) is 47.3 Å².